The van der Waals surface area contributed by atoms with Crippen LogP contribution >= 0.6 is 15.9 Å². The lowest BCUT2D eigenvalue weighted by Crippen LogP contribution is -2.36. The second kappa shape index (κ2) is 25.7. The van der Waals surface area contributed by atoms with Gasteiger partial charge in [0.15, 0.2) is 0 Å². The first-order valence-corrected chi connectivity index (χ1v) is 39.0. The second-order valence-corrected chi connectivity index (χ2v) is 30.5. The van der Waals surface area contributed by atoms with Crippen molar-refractivity contribution >= 4 is 110 Å². The second-order valence-electron chi connectivity index (χ2n) is 29.6. The lowest BCUT2D eigenvalue weighted by atomic mass is 9.58. The first kappa shape index (κ1) is 64.3. The Morgan fingerprint density at radius 3 is 1.12 bits per heavy atom. The molecule has 0 saturated carbocycles. The largest absolute Gasteiger partial charge is 0.356 e. The molecule has 2 heterocycles. The van der Waals surface area contributed by atoms with Crippen LogP contribution in [0.15, 0.2) is 417 Å². The van der Waals surface area contributed by atoms with Crippen molar-refractivity contribution in [2.75, 3.05) is 10.2 Å². The van der Waals surface area contributed by atoms with Crippen LogP contribution in [0.1, 0.15) is 44.5 Å². The highest BCUT2D eigenvalue weighted by Crippen LogP contribution is 2.66. The van der Waals surface area contributed by atoms with Gasteiger partial charge in [-0.3, -0.25) is 0 Å². The molecule has 1 N–H and O–H groups in total. The average molecular weight is 1480 g/mol. The van der Waals surface area contributed by atoms with E-state index < -0.39 is 0 Å². The topological polar surface area (TPSA) is 25.1 Å². The monoisotopic (exact) mass is 1480 g/mol. The minimum Gasteiger partial charge on any atom is -0.356 e. The van der Waals surface area contributed by atoms with Crippen molar-refractivity contribution in [1.29, 1.82) is 0 Å². The predicted octanol–water partition coefficient (Wildman–Crippen LogP) is 28.2. The van der Waals surface area contributed by atoms with Crippen LogP contribution < -0.4 is 10.2 Å². The van der Waals surface area contributed by atoms with Gasteiger partial charge in [0.05, 0.1) is 32.9 Å². The lowest BCUT2D eigenvalue weighted by Gasteiger charge is -2.43. The maximum Gasteiger partial charge on any atom is 0.0726 e. The standard InChI is InChI=1S/C53H34N2.C30H22N2.C23H13Br/c1-3-13-35(14-4-1)36-25-27-39(28-26-36)54(40-30-32-51-45(33-40)44-20-8-10-24-50(44)55(51)38-17-5-2-6-18-38)41-29-31-43-42-19-7-9-21-46(42)53(49(43)34-41)47-22-11-15-37-16-12-23-48(53)52(37)47;1-3-9-22(10-4-1)23-15-17-24(18-16-23)31-25-19-20-30-28(21-25)27-13-7-8-14-29(27)32(30)26-11-5-2-6-12-26;24-15-11-12-17-16-7-1-2-8-18(16)23(21(17)13-15)19-9-3-5-14-6-4-10-20(23)22(14)19/h1-34H;1-21,31H;1-13H. The van der Waals surface area contributed by atoms with Gasteiger partial charge in [0.25, 0.3) is 0 Å². The van der Waals surface area contributed by atoms with Crippen LogP contribution in [0.25, 0.3) is 121 Å². The SMILES string of the molecule is Brc1ccc2c(c1)C1(c3ccccc3-2)c2cccc3cccc1c23.c1ccc(-c2ccc(N(c3ccc4c(c3)C3(c5ccccc5-4)c4cccc5cccc3c45)c3ccc4c(c3)c3ccccc3n4-c3ccccc3)cc2)cc1.c1ccc(-c2ccc(Nc3ccc4c(c3)c3ccccc3n4-c3ccccc3)cc2)cc1. The minimum atomic E-state index is -0.312. The van der Waals surface area contributed by atoms with E-state index in [1.807, 2.05) is 6.07 Å². The van der Waals surface area contributed by atoms with Gasteiger partial charge in [0.1, 0.15) is 0 Å². The van der Waals surface area contributed by atoms with E-state index in [1.165, 1.54) is 160 Å². The fraction of sp³-hybridized carbons (Fsp3) is 0.0189. The molecule has 4 aliphatic carbocycles. The van der Waals surface area contributed by atoms with E-state index in [9.17, 15) is 0 Å². The summed E-state index contributed by atoms with van der Waals surface area (Å²) in [6, 6.07) is 150. The molecule has 0 bridgehead atoms. The van der Waals surface area contributed by atoms with Crippen molar-refractivity contribution in [3.63, 3.8) is 0 Å². The summed E-state index contributed by atoms with van der Waals surface area (Å²) in [6.07, 6.45) is 0. The molecule has 111 heavy (non-hydrogen) atoms. The summed E-state index contributed by atoms with van der Waals surface area (Å²) in [6.45, 7) is 0. The number of halogens is 1. The zero-order chi connectivity index (χ0) is 73.3. The quantitative estimate of drug-likeness (QED) is 0.156. The van der Waals surface area contributed by atoms with E-state index in [4.69, 9.17) is 0 Å². The van der Waals surface area contributed by atoms with Gasteiger partial charge in [-0.25, -0.2) is 0 Å². The molecule has 18 aromatic carbocycles. The number of para-hydroxylation sites is 4. The fourth-order valence-corrected chi connectivity index (χ4v) is 19.6. The molecule has 0 unspecified atom stereocenters. The molecular formula is C106H69BrN4. The fourth-order valence-electron chi connectivity index (χ4n) is 19.2. The van der Waals surface area contributed by atoms with Gasteiger partial charge in [0, 0.05) is 65.8 Å². The molecule has 24 rings (SSSR count). The molecule has 0 radical (unpaired) electrons. The highest BCUT2D eigenvalue weighted by Gasteiger charge is 2.54. The number of anilines is 5. The van der Waals surface area contributed by atoms with Crippen molar-refractivity contribution < 1.29 is 0 Å². The first-order valence-electron chi connectivity index (χ1n) is 38.2. The Bertz CT molecular complexity index is 7020. The van der Waals surface area contributed by atoms with Crippen molar-refractivity contribution in [3.05, 3.63) is 461 Å². The van der Waals surface area contributed by atoms with Gasteiger partial charge in [0.2, 0.25) is 0 Å². The third kappa shape index (κ3) is 9.85. The smallest absolute Gasteiger partial charge is 0.0726 e. The van der Waals surface area contributed by atoms with E-state index in [0.29, 0.717) is 0 Å². The molecule has 2 spiro atoms. The normalized spacial score (nSPS) is 13.1. The van der Waals surface area contributed by atoms with Crippen molar-refractivity contribution in [1.82, 2.24) is 9.13 Å². The van der Waals surface area contributed by atoms with Gasteiger partial charge in [-0.2, -0.15) is 0 Å². The molecule has 4 nitrogen and oxygen atoms in total. The lowest BCUT2D eigenvalue weighted by molar-refractivity contribution is 0.744. The van der Waals surface area contributed by atoms with Crippen LogP contribution in [0.2, 0.25) is 0 Å². The molecule has 0 saturated heterocycles. The van der Waals surface area contributed by atoms with Gasteiger partial charge in [-0.15, -0.1) is 0 Å². The zero-order valence-electron chi connectivity index (χ0n) is 60.5. The Balaban J connectivity index is 0.000000114. The van der Waals surface area contributed by atoms with E-state index in [-0.39, 0.29) is 10.8 Å². The third-order valence-electron chi connectivity index (χ3n) is 23.8. The van der Waals surface area contributed by atoms with Crippen LogP contribution in [0.4, 0.5) is 28.4 Å². The number of nitrogens with zero attached hydrogens (tertiary/aromatic N) is 3. The highest BCUT2D eigenvalue weighted by atomic mass is 79.9. The molecule has 0 atom stereocenters. The summed E-state index contributed by atoms with van der Waals surface area (Å²) in [5.41, 5.74) is 33.8. The van der Waals surface area contributed by atoms with Crippen LogP contribution in [0.3, 0.4) is 0 Å². The average Bonchev–Trinajstić information content (AvgIpc) is 1.54. The van der Waals surface area contributed by atoms with Crippen LogP contribution in [0.5, 0.6) is 0 Å². The molecule has 520 valence electrons. The molecule has 4 aliphatic rings. The van der Waals surface area contributed by atoms with Crippen molar-refractivity contribution in [3.8, 4) is 55.9 Å². The molecule has 2 aromatic heterocycles. The maximum atomic E-state index is 3.69. The van der Waals surface area contributed by atoms with E-state index in [1.54, 1.807) is 0 Å². The number of benzene rings is 18. The zero-order valence-corrected chi connectivity index (χ0v) is 62.1. The van der Waals surface area contributed by atoms with Crippen LogP contribution in [-0.2, 0) is 10.8 Å². The summed E-state index contributed by atoms with van der Waals surface area (Å²) in [5, 5.41) is 14.0. The minimum absolute atomic E-state index is 0.105. The van der Waals surface area contributed by atoms with E-state index >= 15 is 0 Å². The maximum absolute atomic E-state index is 3.69. The van der Waals surface area contributed by atoms with Crippen LogP contribution in [-0.4, -0.2) is 9.13 Å². The molecule has 0 aliphatic heterocycles. The summed E-state index contributed by atoms with van der Waals surface area (Å²) >= 11 is 3.69. The molecule has 0 amide bonds. The van der Waals surface area contributed by atoms with E-state index in [2.05, 4.69) is 442 Å². The Morgan fingerprint density at radius 2 is 0.595 bits per heavy atom. The van der Waals surface area contributed by atoms with Gasteiger partial charge in [-0.05, 0) is 232 Å². The van der Waals surface area contributed by atoms with Gasteiger partial charge in [-0.1, -0.05) is 307 Å². The molecule has 5 heteroatoms. The first-order chi connectivity index (χ1) is 55.0. The number of rotatable bonds is 9. The number of nitrogens with one attached hydrogen (secondary N) is 1. The summed E-state index contributed by atoms with van der Waals surface area (Å²) < 4.78 is 5.87. The Hall–Kier alpha value is -13.8. The summed E-state index contributed by atoms with van der Waals surface area (Å²) in [5.74, 6) is 0. The van der Waals surface area contributed by atoms with Crippen molar-refractivity contribution in [2.24, 2.45) is 0 Å². The molecule has 0 fully saturated rings. The Morgan fingerprint density at radius 1 is 0.234 bits per heavy atom. The third-order valence-corrected chi connectivity index (χ3v) is 24.3. The van der Waals surface area contributed by atoms with Gasteiger partial charge >= 0.3 is 0 Å². The number of aromatic nitrogens is 2. The Labute approximate surface area is 652 Å². The summed E-state index contributed by atoms with van der Waals surface area (Å²) in [4.78, 5) is 2.45. The highest BCUT2D eigenvalue weighted by molar-refractivity contribution is 9.10. The van der Waals surface area contributed by atoms with Gasteiger partial charge < -0.3 is 19.4 Å². The number of hydrogen-bond donors (Lipinski definition) is 1. The summed E-state index contributed by atoms with van der Waals surface area (Å²) in [7, 11) is 0. The predicted molar refractivity (Wildman–Crippen MR) is 468 cm³/mol. The molecule has 20 aromatic rings. The van der Waals surface area contributed by atoms with E-state index in [0.717, 1.165) is 38.6 Å². The number of fused-ring (bicyclic) bond motifs is 20. The van der Waals surface area contributed by atoms with Crippen LogP contribution in [0, 0.1) is 0 Å². The number of hydrogen-bond acceptors (Lipinski definition) is 2. The van der Waals surface area contributed by atoms with Crippen molar-refractivity contribution in [2.45, 2.75) is 10.8 Å². The Kier molecular flexibility index (Phi) is 14.9. The molecular weight excluding hydrogens is 1410 g/mol.